The van der Waals surface area contributed by atoms with E-state index in [-0.39, 0.29) is 5.91 Å². The molecule has 0 bridgehead atoms. The molecule has 0 radical (unpaired) electrons. The monoisotopic (exact) mass is 439 g/mol. The van der Waals surface area contributed by atoms with Gasteiger partial charge in [-0.15, -0.1) is 0 Å². The minimum absolute atomic E-state index is 0.192. The van der Waals surface area contributed by atoms with Crippen LogP contribution in [0.2, 0.25) is 0 Å². The molecule has 0 saturated heterocycles. The van der Waals surface area contributed by atoms with Crippen LogP contribution in [0, 0.1) is 0 Å². The molecule has 0 unspecified atom stereocenters. The topological polar surface area (TPSA) is 47.6 Å². The van der Waals surface area contributed by atoms with E-state index >= 15 is 0 Å². The molecule has 28 heavy (non-hydrogen) atoms. The Bertz CT molecular complexity index is 928. The maximum atomic E-state index is 12.6. The summed E-state index contributed by atoms with van der Waals surface area (Å²) in [5.41, 5.74) is 2.32. The molecule has 144 valence electrons. The van der Waals surface area contributed by atoms with Crippen molar-refractivity contribution in [2.24, 2.45) is 0 Å². The largest absolute Gasteiger partial charge is 0.492 e. The third-order valence-corrected chi connectivity index (χ3v) is 4.62. The van der Waals surface area contributed by atoms with Gasteiger partial charge in [-0.1, -0.05) is 43.3 Å². The Balaban J connectivity index is 1.63. The number of halogens is 1. The molecule has 0 aromatic heterocycles. The van der Waals surface area contributed by atoms with Crippen molar-refractivity contribution < 1.29 is 14.3 Å². The average molecular weight is 440 g/mol. The lowest BCUT2D eigenvalue weighted by atomic mass is 10.2. The van der Waals surface area contributed by atoms with Crippen LogP contribution in [-0.2, 0) is 6.61 Å². The number of benzene rings is 3. The van der Waals surface area contributed by atoms with Gasteiger partial charge < -0.3 is 14.8 Å². The number of hydrogen-bond acceptors (Lipinski definition) is 3. The lowest BCUT2D eigenvalue weighted by molar-refractivity contribution is 0.102. The lowest BCUT2D eigenvalue weighted by Gasteiger charge is -2.11. The van der Waals surface area contributed by atoms with E-state index in [0.29, 0.717) is 30.2 Å². The first-order chi connectivity index (χ1) is 13.7. The van der Waals surface area contributed by atoms with Gasteiger partial charge in [0, 0.05) is 17.3 Å². The summed E-state index contributed by atoms with van der Waals surface area (Å²) in [6, 6.07) is 22.6. The molecule has 0 atom stereocenters. The number of ether oxygens (including phenoxy) is 2. The summed E-state index contributed by atoms with van der Waals surface area (Å²) in [7, 11) is 0. The molecular formula is C23H22BrNO3. The molecule has 3 rings (SSSR count). The third kappa shape index (κ3) is 5.60. The van der Waals surface area contributed by atoms with Gasteiger partial charge in [-0.2, -0.15) is 0 Å². The first-order valence-electron chi connectivity index (χ1n) is 9.16. The van der Waals surface area contributed by atoms with E-state index in [0.717, 1.165) is 22.2 Å². The van der Waals surface area contributed by atoms with E-state index in [9.17, 15) is 4.79 Å². The van der Waals surface area contributed by atoms with E-state index in [4.69, 9.17) is 9.47 Å². The van der Waals surface area contributed by atoms with Gasteiger partial charge in [0.25, 0.3) is 5.91 Å². The molecule has 1 N–H and O–H groups in total. The molecule has 3 aromatic carbocycles. The summed E-state index contributed by atoms with van der Waals surface area (Å²) in [5.74, 6) is 1.24. The Morgan fingerprint density at radius 2 is 1.79 bits per heavy atom. The molecule has 0 saturated carbocycles. The number of hydrogen-bond donors (Lipinski definition) is 1. The first-order valence-corrected chi connectivity index (χ1v) is 9.95. The van der Waals surface area contributed by atoms with Crippen molar-refractivity contribution in [3.8, 4) is 11.5 Å². The predicted octanol–water partition coefficient (Wildman–Crippen LogP) is 6.07. The van der Waals surface area contributed by atoms with Crippen LogP contribution in [-0.4, -0.2) is 12.5 Å². The molecule has 0 heterocycles. The summed E-state index contributed by atoms with van der Waals surface area (Å²) in [4.78, 5) is 12.6. The lowest BCUT2D eigenvalue weighted by Crippen LogP contribution is -2.12. The Morgan fingerprint density at radius 1 is 0.964 bits per heavy atom. The fourth-order valence-corrected chi connectivity index (χ4v) is 3.07. The van der Waals surface area contributed by atoms with Gasteiger partial charge >= 0.3 is 0 Å². The van der Waals surface area contributed by atoms with Gasteiger partial charge in [0.1, 0.15) is 18.1 Å². The zero-order chi connectivity index (χ0) is 19.8. The second-order valence-corrected chi connectivity index (χ2v) is 7.10. The predicted molar refractivity (Wildman–Crippen MR) is 115 cm³/mol. The summed E-state index contributed by atoms with van der Waals surface area (Å²) in [6.07, 6.45) is 0.928. The highest BCUT2D eigenvalue weighted by Gasteiger charge is 2.10. The van der Waals surface area contributed by atoms with Crippen LogP contribution in [0.5, 0.6) is 11.5 Å². The summed E-state index contributed by atoms with van der Waals surface area (Å²) >= 11 is 3.46. The van der Waals surface area contributed by atoms with Gasteiger partial charge in [0.05, 0.1) is 11.1 Å². The van der Waals surface area contributed by atoms with Crippen LogP contribution in [0.3, 0.4) is 0 Å². The molecule has 0 aliphatic carbocycles. The van der Waals surface area contributed by atoms with E-state index < -0.39 is 0 Å². The number of carbonyl (C=O) groups excluding carboxylic acids is 1. The van der Waals surface area contributed by atoms with Crippen molar-refractivity contribution in [1.29, 1.82) is 0 Å². The van der Waals surface area contributed by atoms with Crippen molar-refractivity contribution in [3.63, 3.8) is 0 Å². The van der Waals surface area contributed by atoms with Gasteiger partial charge in [0.2, 0.25) is 0 Å². The maximum Gasteiger partial charge on any atom is 0.255 e. The van der Waals surface area contributed by atoms with E-state index in [1.807, 2.05) is 61.5 Å². The molecule has 0 spiro atoms. The zero-order valence-electron chi connectivity index (χ0n) is 15.7. The highest BCUT2D eigenvalue weighted by molar-refractivity contribution is 9.10. The highest BCUT2D eigenvalue weighted by atomic mass is 79.9. The van der Waals surface area contributed by atoms with Crippen LogP contribution in [0.25, 0.3) is 0 Å². The molecular weight excluding hydrogens is 418 g/mol. The summed E-state index contributed by atoms with van der Waals surface area (Å²) in [5, 5.41) is 2.91. The standard InChI is InChI=1S/C23H22BrNO3/c1-2-13-27-22-12-11-18(14-21(22)24)23(26)25-19-9-6-10-20(15-19)28-16-17-7-4-3-5-8-17/h3-12,14-15H,2,13,16H2,1H3,(H,25,26). The van der Waals surface area contributed by atoms with Crippen molar-refractivity contribution in [1.82, 2.24) is 0 Å². The van der Waals surface area contributed by atoms with Gasteiger partial charge in [-0.3, -0.25) is 4.79 Å². The highest BCUT2D eigenvalue weighted by Crippen LogP contribution is 2.27. The van der Waals surface area contributed by atoms with Crippen LogP contribution in [0.1, 0.15) is 29.3 Å². The SMILES string of the molecule is CCCOc1ccc(C(=O)Nc2cccc(OCc3ccccc3)c2)cc1Br. The normalized spacial score (nSPS) is 10.4. The molecule has 3 aromatic rings. The Labute approximate surface area is 173 Å². The number of carbonyl (C=O) groups is 1. The number of rotatable bonds is 8. The molecule has 0 aliphatic heterocycles. The summed E-state index contributed by atoms with van der Waals surface area (Å²) in [6.45, 7) is 3.16. The third-order valence-electron chi connectivity index (χ3n) is 4.00. The maximum absolute atomic E-state index is 12.6. The second-order valence-electron chi connectivity index (χ2n) is 6.25. The smallest absolute Gasteiger partial charge is 0.255 e. The molecule has 0 aliphatic rings. The van der Waals surface area contributed by atoms with Crippen LogP contribution in [0.15, 0.2) is 77.3 Å². The Hall–Kier alpha value is -2.79. The van der Waals surface area contributed by atoms with Gasteiger partial charge in [-0.05, 0) is 58.2 Å². The van der Waals surface area contributed by atoms with Crippen LogP contribution in [0.4, 0.5) is 5.69 Å². The molecule has 5 heteroatoms. The van der Waals surface area contributed by atoms with Crippen LogP contribution >= 0.6 is 15.9 Å². The quantitative estimate of drug-likeness (QED) is 0.463. The second kappa shape index (κ2) is 9.95. The summed E-state index contributed by atoms with van der Waals surface area (Å²) < 4.78 is 12.2. The Kier molecular flexibility index (Phi) is 7.09. The van der Waals surface area contributed by atoms with Crippen molar-refractivity contribution in [3.05, 3.63) is 88.4 Å². The van der Waals surface area contributed by atoms with Gasteiger partial charge in [-0.25, -0.2) is 0 Å². The first kappa shape index (κ1) is 20.0. The number of anilines is 1. The van der Waals surface area contributed by atoms with Crippen molar-refractivity contribution in [2.75, 3.05) is 11.9 Å². The molecule has 4 nitrogen and oxygen atoms in total. The van der Waals surface area contributed by atoms with Crippen LogP contribution < -0.4 is 14.8 Å². The number of amides is 1. The molecule has 1 amide bonds. The zero-order valence-corrected chi connectivity index (χ0v) is 17.2. The van der Waals surface area contributed by atoms with Gasteiger partial charge in [0.15, 0.2) is 0 Å². The van der Waals surface area contributed by atoms with Crippen molar-refractivity contribution in [2.45, 2.75) is 20.0 Å². The van der Waals surface area contributed by atoms with E-state index in [2.05, 4.69) is 21.2 Å². The average Bonchev–Trinajstić information content (AvgIpc) is 2.72. The molecule has 0 fully saturated rings. The van der Waals surface area contributed by atoms with E-state index in [1.165, 1.54) is 0 Å². The minimum atomic E-state index is -0.192. The van der Waals surface area contributed by atoms with E-state index in [1.54, 1.807) is 18.2 Å². The number of nitrogens with one attached hydrogen (secondary N) is 1. The minimum Gasteiger partial charge on any atom is -0.492 e. The van der Waals surface area contributed by atoms with Crippen molar-refractivity contribution >= 4 is 27.5 Å². The fraction of sp³-hybridized carbons (Fsp3) is 0.174. The fourth-order valence-electron chi connectivity index (χ4n) is 2.58. The Morgan fingerprint density at radius 3 is 2.54 bits per heavy atom.